The molecule has 0 rings (SSSR count). The number of hydrogen-bond donors (Lipinski definition) is 1. The standard InChI is InChI=1S/C13H27F3N2/c1-11(2)18(10-13(14,15)16)9-5-6-12(3,4)7-8-17/h11H,5-10,17H2,1-4H3. The number of nitrogens with zero attached hydrogens (tertiary/aromatic N) is 1. The summed E-state index contributed by atoms with van der Waals surface area (Å²) < 4.78 is 37.2. The predicted octanol–water partition coefficient (Wildman–Crippen LogP) is 3.41. The fourth-order valence-electron chi connectivity index (χ4n) is 2.03. The van der Waals surface area contributed by atoms with Gasteiger partial charge in [0.1, 0.15) is 0 Å². The summed E-state index contributed by atoms with van der Waals surface area (Å²) in [5.74, 6) is 0. The summed E-state index contributed by atoms with van der Waals surface area (Å²) in [5.41, 5.74) is 5.64. The van der Waals surface area contributed by atoms with Gasteiger partial charge in [-0.2, -0.15) is 13.2 Å². The number of halogens is 3. The largest absolute Gasteiger partial charge is 0.401 e. The van der Waals surface area contributed by atoms with Crippen LogP contribution in [0, 0.1) is 5.41 Å². The maximum absolute atomic E-state index is 12.4. The van der Waals surface area contributed by atoms with Crippen LogP contribution in [-0.2, 0) is 0 Å². The van der Waals surface area contributed by atoms with Crippen molar-refractivity contribution in [1.82, 2.24) is 4.90 Å². The van der Waals surface area contributed by atoms with Crippen LogP contribution in [0.5, 0.6) is 0 Å². The second kappa shape index (κ2) is 7.34. The molecule has 0 radical (unpaired) electrons. The molecule has 110 valence electrons. The topological polar surface area (TPSA) is 29.3 Å². The number of hydrogen-bond acceptors (Lipinski definition) is 2. The zero-order valence-corrected chi connectivity index (χ0v) is 12.0. The van der Waals surface area contributed by atoms with Crippen molar-refractivity contribution in [2.24, 2.45) is 11.1 Å². The molecule has 0 bridgehead atoms. The molecule has 0 aromatic carbocycles. The first kappa shape index (κ1) is 17.7. The Kier molecular flexibility index (Phi) is 7.22. The Hall–Kier alpha value is -0.290. The van der Waals surface area contributed by atoms with Crippen molar-refractivity contribution in [2.45, 2.75) is 59.2 Å². The third kappa shape index (κ3) is 8.75. The highest BCUT2D eigenvalue weighted by Crippen LogP contribution is 2.26. The first-order chi connectivity index (χ1) is 8.07. The van der Waals surface area contributed by atoms with E-state index in [2.05, 4.69) is 13.8 Å². The first-order valence-electron chi connectivity index (χ1n) is 6.58. The van der Waals surface area contributed by atoms with Crippen LogP contribution >= 0.6 is 0 Å². The smallest absolute Gasteiger partial charge is 0.330 e. The Morgan fingerprint density at radius 1 is 1.11 bits per heavy atom. The van der Waals surface area contributed by atoms with Gasteiger partial charge in [0.05, 0.1) is 6.54 Å². The Labute approximate surface area is 109 Å². The van der Waals surface area contributed by atoms with E-state index in [4.69, 9.17) is 5.73 Å². The van der Waals surface area contributed by atoms with E-state index in [1.165, 1.54) is 4.90 Å². The Morgan fingerprint density at radius 2 is 1.67 bits per heavy atom. The Bertz CT molecular complexity index is 225. The van der Waals surface area contributed by atoms with Gasteiger partial charge in [-0.3, -0.25) is 4.90 Å². The van der Waals surface area contributed by atoms with E-state index in [0.29, 0.717) is 13.1 Å². The highest BCUT2D eigenvalue weighted by atomic mass is 19.4. The lowest BCUT2D eigenvalue weighted by Gasteiger charge is -2.30. The van der Waals surface area contributed by atoms with Gasteiger partial charge in [-0.1, -0.05) is 13.8 Å². The SMILES string of the molecule is CC(C)N(CCCC(C)(C)CCN)CC(F)(F)F. The second-order valence-electron chi connectivity index (χ2n) is 5.99. The average molecular weight is 268 g/mol. The summed E-state index contributed by atoms with van der Waals surface area (Å²) in [6.07, 6.45) is -1.52. The van der Waals surface area contributed by atoms with E-state index in [0.717, 1.165) is 19.3 Å². The fraction of sp³-hybridized carbons (Fsp3) is 1.00. The van der Waals surface area contributed by atoms with Gasteiger partial charge in [0.2, 0.25) is 0 Å². The lowest BCUT2D eigenvalue weighted by atomic mass is 9.84. The third-order valence-electron chi connectivity index (χ3n) is 3.23. The van der Waals surface area contributed by atoms with Crippen LogP contribution < -0.4 is 5.73 Å². The molecule has 0 unspecified atom stereocenters. The van der Waals surface area contributed by atoms with E-state index in [1.807, 2.05) is 0 Å². The molecule has 0 heterocycles. The third-order valence-corrected chi connectivity index (χ3v) is 3.23. The summed E-state index contributed by atoms with van der Waals surface area (Å²) in [4.78, 5) is 1.48. The number of rotatable bonds is 8. The molecule has 18 heavy (non-hydrogen) atoms. The molecule has 5 heteroatoms. The van der Waals surface area contributed by atoms with Crippen molar-refractivity contribution in [2.75, 3.05) is 19.6 Å². The van der Waals surface area contributed by atoms with E-state index < -0.39 is 12.7 Å². The van der Waals surface area contributed by atoms with Gasteiger partial charge in [0.25, 0.3) is 0 Å². The Morgan fingerprint density at radius 3 is 2.06 bits per heavy atom. The lowest BCUT2D eigenvalue weighted by Crippen LogP contribution is -2.39. The van der Waals surface area contributed by atoms with Crippen molar-refractivity contribution >= 4 is 0 Å². The van der Waals surface area contributed by atoms with Crippen molar-refractivity contribution in [3.8, 4) is 0 Å². The minimum absolute atomic E-state index is 0.0794. The molecule has 2 nitrogen and oxygen atoms in total. The fourth-order valence-corrected chi connectivity index (χ4v) is 2.03. The van der Waals surface area contributed by atoms with E-state index in [-0.39, 0.29) is 11.5 Å². The lowest BCUT2D eigenvalue weighted by molar-refractivity contribution is -0.149. The maximum Gasteiger partial charge on any atom is 0.401 e. The molecule has 0 atom stereocenters. The van der Waals surface area contributed by atoms with E-state index in [9.17, 15) is 13.2 Å². The van der Waals surface area contributed by atoms with Gasteiger partial charge in [-0.15, -0.1) is 0 Å². The average Bonchev–Trinajstić information content (AvgIpc) is 2.13. The second-order valence-corrected chi connectivity index (χ2v) is 5.99. The zero-order valence-electron chi connectivity index (χ0n) is 12.0. The van der Waals surface area contributed by atoms with Crippen molar-refractivity contribution in [1.29, 1.82) is 0 Å². The molecule has 0 aromatic rings. The van der Waals surface area contributed by atoms with Gasteiger partial charge in [0, 0.05) is 6.04 Å². The molecule has 0 aliphatic carbocycles. The number of nitrogens with two attached hydrogens (primary N) is 1. The Balaban J connectivity index is 4.13. The molecule has 0 fully saturated rings. The molecular weight excluding hydrogens is 241 g/mol. The zero-order chi connectivity index (χ0) is 14.4. The minimum atomic E-state index is -4.11. The number of alkyl halides is 3. The highest BCUT2D eigenvalue weighted by molar-refractivity contribution is 4.72. The van der Waals surface area contributed by atoms with Gasteiger partial charge >= 0.3 is 6.18 Å². The molecule has 0 aromatic heterocycles. The van der Waals surface area contributed by atoms with Crippen LogP contribution in [0.2, 0.25) is 0 Å². The van der Waals surface area contributed by atoms with E-state index in [1.54, 1.807) is 13.8 Å². The summed E-state index contributed by atoms with van der Waals surface area (Å²) in [5, 5.41) is 0. The molecule has 0 saturated carbocycles. The summed E-state index contributed by atoms with van der Waals surface area (Å²) in [6.45, 7) is 8.14. The van der Waals surface area contributed by atoms with Crippen LogP contribution in [0.25, 0.3) is 0 Å². The first-order valence-corrected chi connectivity index (χ1v) is 6.58. The van der Waals surface area contributed by atoms with Gasteiger partial charge in [0.15, 0.2) is 0 Å². The monoisotopic (exact) mass is 268 g/mol. The van der Waals surface area contributed by atoms with Crippen LogP contribution in [0.4, 0.5) is 13.2 Å². The molecule has 0 aliphatic heterocycles. The molecule has 2 N–H and O–H groups in total. The maximum atomic E-state index is 12.4. The minimum Gasteiger partial charge on any atom is -0.330 e. The molecule has 0 saturated heterocycles. The summed E-state index contributed by atoms with van der Waals surface area (Å²) >= 11 is 0. The predicted molar refractivity (Wildman–Crippen MR) is 69.5 cm³/mol. The molecule has 0 amide bonds. The highest BCUT2D eigenvalue weighted by Gasteiger charge is 2.31. The van der Waals surface area contributed by atoms with Crippen molar-refractivity contribution < 1.29 is 13.2 Å². The normalized spacial score (nSPS) is 13.7. The van der Waals surface area contributed by atoms with Crippen molar-refractivity contribution in [3.63, 3.8) is 0 Å². The van der Waals surface area contributed by atoms with Crippen molar-refractivity contribution in [3.05, 3.63) is 0 Å². The van der Waals surface area contributed by atoms with E-state index >= 15 is 0 Å². The van der Waals surface area contributed by atoms with Crippen LogP contribution in [0.15, 0.2) is 0 Å². The summed E-state index contributed by atoms with van der Waals surface area (Å²) in [7, 11) is 0. The van der Waals surface area contributed by atoms with Crippen LogP contribution in [-0.4, -0.2) is 36.8 Å². The summed E-state index contributed by atoms with van der Waals surface area (Å²) in [6, 6.07) is -0.0794. The molecular formula is C13H27F3N2. The quantitative estimate of drug-likeness (QED) is 0.731. The molecule has 0 spiro atoms. The van der Waals surface area contributed by atoms with Gasteiger partial charge in [-0.05, 0) is 51.6 Å². The van der Waals surface area contributed by atoms with Crippen LogP contribution in [0.3, 0.4) is 0 Å². The van der Waals surface area contributed by atoms with Gasteiger partial charge in [-0.25, -0.2) is 0 Å². The molecule has 0 aliphatic rings. The van der Waals surface area contributed by atoms with Crippen LogP contribution in [0.1, 0.15) is 47.0 Å². The van der Waals surface area contributed by atoms with Gasteiger partial charge < -0.3 is 5.73 Å².